The first-order valence-electron chi connectivity index (χ1n) is 8.05. The molecule has 8 nitrogen and oxygen atoms in total. The lowest BCUT2D eigenvalue weighted by Gasteiger charge is -2.32. The maximum atomic E-state index is 12.7. The Hall–Kier alpha value is -3.42. The van der Waals surface area contributed by atoms with Crippen LogP contribution in [0.2, 0.25) is 0 Å². The number of imide groups is 1. The molecule has 26 heavy (non-hydrogen) atoms. The average Bonchev–Trinajstić information content (AvgIpc) is 2.83. The first-order valence-corrected chi connectivity index (χ1v) is 8.05. The van der Waals surface area contributed by atoms with Crippen molar-refractivity contribution in [3.63, 3.8) is 0 Å². The van der Waals surface area contributed by atoms with Crippen LogP contribution in [0.15, 0.2) is 29.1 Å². The van der Waals surface area contributed by atoms with Crippen LogP contribution in [0, 0.1) is 5.41 Å². The lowest BCUT2D eigenvalue weighted by molar-refractivity contribution is -0.124. The summed E-state index contributed by atoms with van der Waals surface area (Å²) in [5.74, 6) is -1.47. The number of carbonyl (C=O) groups is 3. The molecule has 3 amide bonds. The van der Waals surface area contributed by atoms with Gasteiger partial charge in [-0.1, -0.05) is 19.9 Å². The number of pyridine rings is 1. The summed E-state index contributed by atoms with van der Waals surface area (Å²) in [5, 5.41) is 4.98. The Balaban J connectivity index is 2.00. The summed E-state index contributed by atoms with van der Waals surface area (Å²) >= 11 is 0. The van der Waals surface area contributed by atoms with E-state index in [4.69, 9.17) is 5.73 Å². The summed E-state index contributed by atoms with van der Waals surface area (Å²) in [6.45, 7) is 3.62. The van der Waals surface area contributed by atoms with Crippen molar-refractivity contribution in [3.05, 3.63) is 51.3 Å². The standard InChI is InChI=1S/C18H16N4O4/c1-18(2)7-9-10(20-17(18)26)4-3-5-11(9)22-12(23)6-8-13(14(22)19)16(25)21-15(8)24/h3-6H,7,19H2,1-2H3,(H,20,26)(H,21,24,25). The maximum Gasteiger partial charge on any atom is 0.262 e. The van der Waals surface area contributed by atoms with Gasteiger partial charge in [-0.15, -0.1) is 0 Å². The van der Waals surface area contributed by atoms with E-state index < -0.39 is 22.8 Å². The largest absolute Gasteiger partial charge is 0.384 e. The van der Waals surface area contributed by atoms with Crippen LogP contribution < -0.4 is 21.9 Å². The predicted molar refractivity (Wildman–Crippen MR) is 94.4 cm³/mol. The number of benzene rings is 1. The molecule has 2 aliphatic rings. The quantitative estimate of drug-likeness (QED) is 0.656. The third-order valence-corrected chi connectivity index (χ3v) is 4.83. The zero-order valence-corrected chi connectivity index (χ0v) is 14.2. The summed E-state index contributed by atoms with van der Waals surface area (Å²) in [7, 11) is 0. The van der Waals surface area contributed by atoms with Gasteiger partial charge in [0.25, 0.3) is 17.4 Å². The van der Waals surface area contributed by atoms with Crippen molar-refractivity contribution in [1.29, 1.82) is 0 Å². The van der Waals surface area contributed by atoms with E-state index in [2.05, 4.69) is 10.6 Å². The van der Waals surface area contributed by atoms with E-state index in [1.54, 1.807) is 18.2 Å². The van der Waals surface area contributed by atoms with E-state index in [1.165, 1.54) is 4.57 Å². The van der Waals surface area contributed by atoms with Crippen LogP contribution in [0.1, 0.15) is 40.1 Å². The number of hydrogen-bond donors (Lipinski definition) is 3. The molecule has 0 atom stereocenters. The molecule has 1 aromatic carbocycles. The Morgan fingerprint density at radius 2 is 1.81 bits per heavy atom. The molecular weight excluding hydrogens is 336 g/mol. The molecule has 2 aromatic rings. The Labute approximate surface area is 148 Å². The average molecular weight is 352 g/mol. The van der Waals surface area contributed by atoms with E-state index in [0.717, 1.165) is 11.6 Å². The minimum Gasteiger partial charge on any atom is -0.384 e. The number of anilines is 2. The number of hydrogen-bond acceptors (Lipinski definition) is 5. The highest BCUT2D eigenvalue weighted by atomic mass is 16.2. The number of nitrogens with zero attached hydrogens (tertiary/aromatic N) is 1. The van der Waals surface area contributed by atoms with E-state index in [1.807, 2.05) is 13.8 Å². The van der Waals surface area contributed by atoms with Crippen LogP contribution >= 0.6 is 0 Å². The Morgan fingerprint density at radius 3 is 2.54 bits per heavy atom. The number of aromatic nitrogens is 1. The predicted octanol–water partition coefficient (Wildman–Crippen LogP) is 0.824. The number of nitrogens with two attached hydrogens (primary N) is 1. The van der Waals surface area contributed by atoms with Gasteiger partial charge in [0, 0.05) is 22.7 Å². The molecule has 0 unspecified atom stereocenters. The fourth-order valence-corrected chi connectivity index (χ4v) is 3.43. The smallest absolute Gasteiger partial charge is 0.262 e. The van der Waals surface area contributed by atoms with Crippen molar-refractivity contribution in [2.75, 3.05) is 11.1 Å². The van der Waals surface area contributed by atoms with Gasteiger partial charge in [-0.25, -0.2) is 0 Å². The van der Waals surface area contributed by atoms with Gasteiger partial charge >= 0.3 is 0 Å². The number of nitrogens with one attached hydrogen (secondary N) is 2. The summed E-state index contributed by atoms with van der Waals surface area (Å²) < 4.78 is 1.21. The molecule has 0 saturated heterocycles. The van der Waals surface area contributed by atoms with Crippen LogP contribution in [0.25, 0.3) is 5.69 Å². The van der Waals surface area contributed by atoms with Gasteiger partial charge in [0.2, 0.25) is 5.91 Å². The van der Waals surface area contributed by atoms with E-state index >= 15 is 0 Å². The Kier molecular flexibility index (Phi) is 3.12. The lowest BCUT2D eigenvalue weighted by Crippen LogP contribution is -2.38. The second-order valence-electron chi connectivity index (χ2n) is 7.09. The summed E-state index contributed by atoms with van der Waals surface area (Å²) in [6, 6.07) is 6.25. The molecule has 3 heterocycles. The molecular formula is C18H16N4O4. The molecule has 0 radical (unpaired) electrons. The van der Waals surface area contributed by atoms with Crippen molar-refractivity contribution in [3.8, 4) is 5.69 Å². The molecule has 4 N–H and O–H groups in total. The van der Waals surface area contributed by atoms with Gasteiger partial charge in [0.1, 0.15) is 5.82 Å². The topological polar surface area (TPSA) is 123 Å². The van der Waals surface area contributed by atoms with Crippen LogP contribution in [-0.4, -0.2) is 22.3 Å². The van der Waals surface area contributed by atoms with Gasteiger partial charge in [-0.05, 0) is 18.6 Å². The summed E-state index contributed by atoms with van der Waals surface area (Å²) in [6.07, 6.45) is 0.401. The first kappa shape index (κ1) is 16.1. The van der Waals surface area contributed by atoms with Crippen LogP contribution in [0.4, 0.5) is 11.5 Å². The highest BCUT2D eigenvalue weighted by Gasteiger charge is 2.36. The van der Waals surface area contributed by atoms with Crippen molar-refractivity contribution in [2.45, 2.75) is 20.3 Å². The minimum absolute atomic E-state index is 0.00805. The number of carbonyl (C=O) groups excluding carboxylic acids is 3. The van der Waals surface area contributed by atoms with Crippen LogP contribution in [-0.2, 0) is 11.2 Å². The Bertz CT molecular complexity index is 1080. The highest BCUT2D eigenvalue weighted by molar-refractivity contribution is 6.23. The minimum atomic E-state index is -0.661. The van der Waals surface area contributed by atoms with Gasteiger partial charge in [-0.3, -0.25) is 29.1 Å². The second kappa shape index (κ2) is 5.04. The number of amides is 3. The van der Waals surface area contributed by atoms with Crippen molar-refractivity contribution in [1.82, 2.24) is 9.88 Å². The van der Waals surface area contributed by atoms with Gasteiger partial charge < -0.3 is 11.1 Å². The molecule has 2 aliphatic heterocycles. The monoisotopic (exact) mass is 352 g/mol. The fourth-order valence-electron chi connectivity index (χ4n) is 3.43. The Morgan fingerprint density at radius 1 is 1.08 bits per heavy atom. The number of fused-ring (bicyclic) bond motifs is 2. The van der Waals surface area contributed by atoms with Crippen LogP contribution in [0.5, 0.6) is 0 Å². The molecule has 4 rings (SSSR count). The van der Waals surface area contributed by atoms with Gasteiger partial charge in [0.15, 0.2) is 0 Å². The normalized spacial score (nSPS) is 17.4. The molecule has 0 spiro atoms. The fraction of sp³-hybridized carbons (Fsp3) is 0.222. The maximum absolute atomic E-state index is 12.7. The number of nitrogen functional groups attached to an aromatic ring is 1. The zero-order valence-electron chi connectivity index (χ0n) is 14.2. The zero-order chi connectivity index (χ0) is 18.8. The van der Waals surface area contributed by atoms with E-state index in [9.17, 15) is 19.2 Å². The van der Waals surface area contributed by atoms with Crippen LogP contribution in [0.3, 0.4) is 0 Å². The van der Waals surface area contributed by atoms with Crippen molar-refractivity contribution in [2.24, 2.45) is 5.41 Å². The SMILES string of the molecule is CC1(C)Cc2c(cccc2-n2c(N)c3c(cc2=O)C(=O)NC3=O)NC1=O. The highest BCUT2D eigenvalue weighted by Crippen LogP contribution is 2.37. The van der Waals surface area contributed by atoms with E-state index in [-0.39, 0.29) is 22.9 Å². The third-order valence-electron chi connectivity index (χ3n) is 4.83. The molecule has 8 heteroatoms. The number of rotatable bonds is 1. The van der Waals surface area contributed by atoms with E-state index in [0.29, 0.717) is 17.8 Å². The molecule has 0 aliphatic carbocycles. The third kappa shape index (κ3) is 2.08. The van der Waals surface area contributed by atoms with Gasteiger partial charge in [-0.2, -0.15) is 0 Å². The summed E-state index contributed by atoms with van der Waals surface area (Å²) in [5.41, 5.74) is 6.72. The first-order chi connectivity index (χ1) is 12.2. The lowest BCUT2D eigenvalue weighted by atomic mass is 9.80. The summed E-state index contributed by atoms with van der Waals surface area (Å²) in [4.78, 5) is 48.7. The molecule has 0 saturated carbocycles. The molecule has 0 bridgehead atoms. The van der Waals surface area contributed by atoms with Crippen molar-refractivity contribution >= 4 is 29.2 Å². The van der Waals surface area contributed by atoms with Crippen molar-refractivity contribution < 1.29 is 14.4 Å². The molecule has 0 fully saturated rings. The van der Waals surface area contributed by atoms with Gasteiger partial charge in [0.05, 0.1) is 16.8 Å². The molecule has 1 aromatic heterocycles. The second-order valence-corrected chi connectivity index (χ2v) is 7.09. The molecule has 132 valence electrons.